The van der Waals surface area contributed by atoms with Gasteiger partial charge in [-0.05, 0) is 25.0 Å². The molecule has 2 aromatic carbocycles. The zero-order chi connectivity index (χ0) is 17.4. The van der Waals surface area contributed by atoms with Gasteiger partial charge >= 0.3 is 0 Å². The van der Waals surface area contributed by atoms with Crippen molar-refractivity contribution < 1.29 is 0 Å². The number of hydrogen-bond acceptors (Lipinski definition) is 2. The number of likely N-dealkylation sites (N-methyl/N-ethyl adjacent to an activating group) is 1. The molecule has 0 saturated carbocycles. The fourth-order valence-corrected chi connectivity index (χ4v) is 2.29. The minimum absolute atomic E-state index is 0.700. The predicted molar refractivity (Wildman–Crippen MR) is 103 cm³/mol. The van der Waals surface area contributed by atoms with Crippen molar-refractivity contribution in [2.24, 2.45) is 4.99 Å². The summed E-state index contributed by atoms with van der Waals surface area (Å²) in [6.45, 7) is 10.5. The number of aryl methyl sites for hydroxylation is 1. The highest BCUT2D eigenvalue weighted by molar-refractivity contribution is 5.79. The number of benzene rings is 2. The van der Waals surface area contributed by atoms with E-state index in [-0.39, 0.29) is 0 Å². The lowest BCUT2D eigenvalue weighted by molar-refractivity contribution is 0.403. The van der Waals surface area contributed by atoms with Crippen molar-refractivity contribution in [1.29, 1.82) is 0 Å². The van der Waals surface area contributed by atoms with Crippen molar-refractivity contribution in [3.63, 3.8) is 0 Å². The quantitative estimate of drug-likeness (QED) is 0.613. The van der Waals surface area contributed by atoms with E-state index in [2.05, 4.69) is 84.3 Å². The molecule has 0 amide bonds. The largest absolute Gasteiger partial charge is 0.373 e. The van der Waals surface area contributed by atoms with Gasteiger partial charge in [-0.2, -0.15) is 0 Å². The lowest BCUT2D eigenvalue weighted by Gasteiger charge is -2.22. The Labute approximate surface area is 145 Å². The maximum Gasteiger partial charge on any atom is 0.0938 e. The summed E-state index contributed by atoms with van der Waals surface area (Å²) < 4.78 is 0. The molecule has 0 aliphatic heterocycles. The Morgan fingerprint density at radius 3 is 2.38 bits per heavy atom. The molecule has 0 radical (unpaired) electrons. The number of hydrogen-bond donors (Lipinski definition) is 1. The Bertz CT molecular complexity index is 672. The number of amidine groups is 1. The summed E-state index contributed by atoms with van der Waals surface area (Å²) in [6.07, 6.45) is 0. The minimum Gasteiger partial charge on any atom is -0.373 e. The van der Waals surface area contributed by atoms with Gasteiger partial charge in [-0.15, -0.1) is 0 Å². The first-order valence-electron chi connectivity index (χ1n) is 8.28. The third-order valence-electron chi connectivity index (χ3n) is 3.97. The van der Waals surface area contributed by atoms with Crippen molar-refractivity contribution in [2.75, 3.05) is 13.6 Å². The highest BCUT2D eigenvalue weighted by atomic mass is 15.1. The molecular formula is C21H27N3. The predicted octanol–water partition coefficient (Wildman–Crippen LogP) is 4.15. The molecule has 0 aliphatic carbocycles. The summed E-state index contributed by atoms with van der Waals surface area (Å²) in [5.74, 6) is 0.935. The molecule has 0 aromatic heterocycles. The SMILES string of the molecule is C=C(CNC(C)=NCc1ccc(C)cc1)N(C)Cc1ccccc1. The van der Waals surface area contributed by atoms with Crippen LogP contribution in [0.1, 0.15) is 23.6 Å². The molecule has 3 nitrogen and oxygen atoms in total. The molecule has 2 aromatic rings. The van der Waals surface area contributed by atoms with Gasteiger partial charge in [0, 0.05) is 19.3 Å². The number of aliphatic imine (C=N–C) groups is 1. The van der Waals surface area contributed by atoms with Gasteiger partial charge in [0.05, 0.1) is 18.9 Å². The second kappa shape index (κ2) is 8.92. The molecule has 0 atom stereocenters. The Morgan fingerprint density at radius 1 is 1.04 bits per heavy atom. The van der Waals surface area contributed by atoms with E-state index in [4.69, 9.17) is 0 Å². The van der Waals surface area contributed by atoms with Gasteiger partial charge in [-0.3, -0.25) is 4.99 Å². The Morgan fingerprint density at radius 2 is 1.71 bits per heavy atom. The van der Waals surface area contributed by atoms with E-state index in [0.717, 1.165) is 18.1 Å². The molecule has 0 unspecified atom stereocenters. The summed E-state index contributed by atoms with van der Waals surface area (Å²) in [4.78, 5) is 6.75. The normalized spacial score (nSPS) is 11.2. The summed E-state index contributed by atoms with van der Waals surface area (Å²) in [7, 11) is 2.07. The first-order valence-corrected chi connectivity index (χ1v) is 8.28. The van der Waals surface area contributed by atoms with Gasteiger partial charge in [-0.1, -0.05) is 66.7 Å². The van der Waals surface area contributed by atoms with Crippen LogP contribution in [0.5, 0.6) is 0 Å². The van der Waals surface area contributed by atoms with Crippen molar-refractivity contribution >= 4 is 5.84 Å². The monoisotopic (exact) mass is 321 g/mol. The minimum atomic E-state index is 0.700. The summed E-state index contributed by atoms with van der Waals surface area (Å²) in [5.41, 5.74) is 4.83. The molecule has 0 saturated heterocycles. The standard InChI is InChI=1S/C21H27N3/c1-17-10-12-20(13-11-17)15-23-19(3)22-14-18(2)24(4)16-21-8-6-5-7-9-21/h5-13H,2,14-16H2,1,3-4H3,(H,22,23). The molecule has 24 heavy (non-hydrogen) atoms. The van der Waals surface area contributed by atoms with Crippen LogP contribution >= 0.6 is 0 Å². The maximum atomic E-state index is 4.59. The second-order valence-corrected chi connectivity index (χ2v) is 6.15. The lowest BCUT2D eigenvalue weighted by Crippen LogP contribution is -2.29. The fraction of sp³-hybridized carbons (Fsp3) is 0.286. The first kappa shape index (κ1) is 17.8. The number of rotatable bonds is 7. The molecular weight excluding hydrogens is 294 g/mol. The molecule has 126 valence electrons. The zero-order valence-electron chi connectivity index (χ0n) is 14.9. The fourth-order valence-electron chi connectivity index (χ4n) is 2.29. The van der Waals surface area contributed by atoms with Crippen LogP contribution in [-0.2, 0) is 13.1 Å². The molecule has 0 spiro atoms. The smallest absolute Gasteiger partial charge is 0.0938 e. The maximum absolute atomic E-state index is 4.59. The van der Waals surface area contributed by atoms with Crippen LogP contribution in [0, 0.1) is 6.92 Å². The van der Waals surface area contributed by atoms with Gasteiger partial charge in [0.2, 0.25) is 0 Å². The number of nitrogens with one attached hydrogen (secondary N) is 1. The van der Waals surface area contributed by atoms with Crippen LogP contribution in [0.25, 0.3) is 0 Å². The summed E-state index contributed by atoms with van der Waals surface area (Å²) in [5, 5.41) is 3.34. The summed E-state index contributed by atoms with van der Waals surface area (Å²) >= 11 is 0. The van der Waals surface area contributed by atoms with E-state index >= 15 is 0 Å². The molecule has 0 bridgehead atoms. The lowest BCUT2D eigenvalue weighted by atomic mass is 10.1. The molecule has 3 heteroatoms. The van der Waals surface area contributed by atoms with Crippen LogP contribution in [-0.4, -0.2) is 24.3 Å². The van der Waals surface area contributed by atoms with Crippen molar-refractivity contribution in [2.45, 2.75) is 26.9 Å². The van der Waals surface area contributed by atoms with E-state index in [1.54, 1.807) is 0 Å². The van der Waals surface area contributed by atoms with Crippen LogP contribution < -0.4 is 5.32 Å². The number of nitrogens with zero attached hydrogens (tertiary/aromatic N) is 2. The van der Waals surface area contributed by atoms with Gasteiger partial charge in [-0.25, -0.2) is 0 Å². The molecule has 0 fully saturated rings. The molecule has 0 heterocycles. The van der Waals surface area contributed by atoms with Gasteiger partial charge in [0.25, 0.3) is 0 Å². The average molecular weight is 321 g/mol. The van der Waals surface area contributed by atoms with Crippen molar-refractivity contribution in [1.82, 2.24) is 10.2 Å². The van der Waals surface area contributed by atoms with E-state index in [9.17, 15) is 0 Å². The highest BCUT2D eigenvalue weighted by Crippen LogP contribution is 2.07. The van der Waals surface area contributed by atoms with E-state index in [0.29, 0.717) is 13.1 Å². The van der Waals surface area contributed by atoms with Crippen LogP contribution in [0.15, 0.2) is 71.9 Å². The van der Waals surface area contributed by atoms with Gasteiger partial charge in [0.1, 0.15) is 0 Å². The van der Waals surface area contributed by atoms with Gasteiger partial charge < -0.3 is 10.2 Å². The molecule has 2 rings (SSSR count). The third-order valence-corrected chi connectivity index (χ3v) is 3.97. The second-order valence-electron chi connectivity index (χ2n) is 6.15. The van der Waals surface area contributed by atoms with Crippen LogP contribution in [0.4, 0.5) is 0 Å². The Balaban J connectivity index is 1.77. The topological polar surface area (TPSA) is 27.6 Å². The summed E-state index contributed by atoms with van der Waals surface area (Å²) in [6, 6.07) is 18.9. The highest BCUT2D eigenvalue weighted by Gasteiger charge is 2.03. The Kier molecular flexibility index (Phi) is 6.62. The van der Waals surface area contributed by atoms with Crippen LogP contribution in [0.2, 0.25) is 0 Å². The first-order chi connectivity index (χ1) is 11.5. The van der Waals surface area contributed by atoms with Crippen molar-refractivity contribution in [3.05, 3.63) is 83.6 Å². The van der Waals surface area contributed by atoms with E-state index in [1.165, 1.54) is 16.7 Å². The van der Waals surface area contributed by atoms with Crippen LogP contribution in [0.3, 0.4) is 0 Å². The van der Waals surface area contributed by atoms with Gasteiger partial charge in [0.15, 0.2) is 0 Å². The van der Waals surface area contributed by atoms with E-state index < -0.39 is 0 Å². The molecule has 0 aliphatic rings. The Hall–Kier alpha value is -2.55. The average Bonchev–Trinajstić information content (AvgIpc) is 2.60. The third kappa shape index (κ3) is 5.92. The molecule has 1 N–H and O–H groups in total. The van der Waals surface area contributed by atoms with E-state index in [1.807, 2.05) is 13.0 Å². The van der Waals surface area contributed by atoms with Crippen molar-refractivity contribution in [3.8, 4) is 0 Å². The zero-order valence-corrected chi connectivity index (χ0v) is 14.9.